The van der Waals surface area contributed by atoms with Crippen LogP contribution in [0.3, 0.4) is 0 Å². The molecule has 1 aromatic rings. The van der Waals surface area contributed by atoms with Crippen molar-refractivity contribution >= 4 is 17.7 Å². The molecule has 0 aromatic heterocycles. The zero-order valence-corrected chi connectivity index (χ0v) is 12.6. The molecule has 0 unspecified atom stereocenters. The number of aliphatic hydroxyl groups is 1. The van der Waals surface area contributed by atoms with E-state index in [1.54, 1.807) is 30.0 Å². The summed E-state index contributed by atoms with van der Waals surface area (Å²) in [6, 6.07) is 4.92. The Bertz CT molecular complexity index is 482. The Morgan fingerprint density at radius 1 is 1.48 bits per heavy atom. The first-order chi connectivity index (χ1) is 10.2. The van der Waals surface area contributed by atoms with E-state index in [0.29, 0.717) is 17.2 Å². The molecule has 0 bridgehead atoms. The molecule has 21 heavy (non-hydrogen) atoms. The number of benzene rings is 1. The summed E-state index contributed by atoms with van der Waals surface area (Å²) in [6.45, 7) is 0.0264. The van der Waals surface area contributed by atoms with Crippen LogP contribution in [0.1, 0.15) is 6.42 Å². The first-order valence-corrected chi connectivity index (χ1v) is 8.04. The summed E-state index contributed by atoms with van der Waals surface area (Å²) >= 11 is 1.67. The molecule has 0 spiro atoms. The highest BCUT2D eigenvalue weighted by Gasteiger charge is 2.15. The fourth-order valence-corrected chi connectivity index (χ4v) is 2.37. The van der Waals surface area contributed by atoms with E-state index in [1.807, 2.05) is 6.26 Å². The van der Waals surface area contributed by atoms with Gasteiger partial charge < -0.3 is 24.6 Å². The predicted octanol–water partition coefficient (Wildman–Crippen LogP) is 1.02. The summed E-state index contributed by atoms with van der Waals surface area (Å²) in [5, 5.41) is 11.9. The molecule has 0 fully saturated rings. The molecule has 2 N–H and O–H groups in total. The van der Waals surface area contributed by atoms with Crippen molar-refractivity contribution in [1.82, 2.24) is 5.32 Å². The Morgan fingerprint density at radius 3 is 3.05 bits per heavy atom. The van der Waals surface area contributed by atoms with Gasteiger partial charge in [-0.15, -0.1) is 0 Å². The molecule has 2 rings (SSSR count). The molecule has 1 amide bonds. The van der Waals surface area contributed by atoms with Crippen LogP contribution < -0.4 is 19.5 Å². The standard InChI is InChI=1S/C14H19NO5S/c1-21-5-4-10(7-16)15-14(17)8-18-11-2-3-12-13(6-11)20-9-19-12/h2-3,6,10,16H,4-5,7-9H2,1H3,(H,15,17)/t10-/m0/s1. The van der Waals surface area contributed by atoms with Gasteiger partial charge in [-0.3, -0.25) is 4.79 Å². The first-order valence-electron chi connectivity index (χ1n) is 6.64. The van der Waals surface area contributed by atoms with Crippen molar-refractivity contribution in [3.8, 4) is 17.2 Å². The van der Waals surface area contributed by atoms with E-state index in [9.17, 15) is 9.90 Å². The number of carbonyl (C=O) groups is 1. The molecule has 0 aliphatic carbocycles. The minimum atomic E-state index is -0.257. The third-order valence-corrected chi connectivity index (χ3v) is 3.61. The van der Waals surface area contributed by atoms with Gasteiger partial charge in [-0.05, 0) is 30.6 Å². The molecule has 116 valence electrons. The van der Waals surface area contributed by atoms with Gasteiger partial charge >= 0.3 is 0 Å². The Kier molecular flexibility index (Phi) is 6.01. The summed E-state index contributed by atoms with van der Waals surface area (Å²) in [7, 11) is 0. The molecule has 7 heteroatoms. The van der Waals surface area contributed by atoms with Gasteiger partial charge in [-0.2, -0.15) is 11.8 Å². The quantitative estimate of drug-likeness (QED) is 0.746. The van der Waals surface area contributed by atoms with Gasteiger partial charge in [0.1, 0.15) is 5.75 Å². The summed E-state index contributed by atoms with van der Waals surface area (Å²) in [5.41, 5.74) is 0. The van der Waals surface area contributed by atoms with Crippen LogP contribution in [-0.4, -0.2) is 49.1 Å². The lowest BCUT2D eigenvalue weighted by atomic mass is 10.2. The number of nitrogens with one attached hydrogen (secondary N) is 1. The highest BCUT2D eigenvalue weighted by Crippen LogP contribution is 2.34. The number of aliphatic hydroxyl groups excluding tert-OH is 1. The van der Waals surface area contributed by atoms with Gasteiger partial charge in [0.15, 0.2) is 18.1 Å². The number of thioether (sulfide) groups is 1. The topological polar surface area (TPSA) is 77.0 Å². The van der Waals surface area contributed by atoms with Gasteiger partial charge in [0.2, 0.25) is 6.79 Å². The molecule has 0 radical (unpaired) electrons. The number of hydrogen-bond donors (Lipinski definition) is 2. The normalized spacial score (nSPS) is 13.8. The fraction of sp³-hybridized carbons (Fsp3) is 0.500. The average molecular weight is 313 g/mol. The molecule has 1 atom stereocenters. The van der Waals surface area contributed by atoms with Crippen molar-refractivity contribution in [2.45, 2.75) is 12.5 Å². The van der Waals surface area contributed by atoms with E-state index in [4.69, 9.17) is 14.2 Å². The van der Waals surface area contributed by atoms with Crippen LogP contribution in [0.2, 0.25) is 0 Å². The second kappa shape index (κ2) is 7.99. The van der Waals surface area contributed by atoms with E-state index >= 15 is 0 Å². The van der Waals surface area contributed by atoms with Crippen LogP contribution in [0, 0.1) is 0 Å². The third-order valence-electron chi connectivity index (χ3n) is 2.97. The molecule has 1 aliphatic heterocycles. The van der Waals surface area contributed by atoms with Crippen molar-refractivity contribution in [3.05, 3.63) is 18.2 Å². The molecular formula is C14H19NO5S. The zero-order valence-electron chi connectivity index (χ0n) is 11.8. The van der Waals surface area contributed by atoms with E-state index in [-0.39, 0.29) is 32.0 Å². The van der Waals surface area contributed by atoms with Gasteiger partial charge in [0, 0.05) is 6.07 Å². The fourth-order valence-electron chi connectivity index (χ4n) is 1.85. The van der Waals surface area contributed by atoms with Crippen molar-refractivity contribution in [2.24, 2.45) is 0 Å². The number of carbonyl (C=O) groups excluding carboxylic acids is 1. The van der Waals surface area contributed by atoms with Crippen LogP contribution in [0.4, 0.5) is 0 Å². The smallest absolute Gasteiger partial charge is 0.258 e. The Labute approximate surface area is 127 Å². The van der Waals surface area contributed by atoms with E-state index in [1.165, 1.54) is 0 Å². The van der Waals surface area contributed by atoms with E-state index < -0.39 is 0 Å². The number of hydrogen-bond acceptors (Lipinski definition) is 6. The summed E-state index contributed by atoms with van der Waals surface area (Å²) in [4.78, 5) is 11.8. The highest BCUT2D eigenvalue weighted by atomic mass is 32.2. The number of fused-ring (bicyclic) bond motifs is 1. The van der Waals surface area contributed by atoms with E-state index in [0.717, 1.165) is 12.2 Å². The summed E-state index contributed by atoms with van der Waals surface area (Å²) < 4.78 is 15.8. The Balaban J connectivity index is 1.78. The van der Waals surface area contributed by atoms with Crippen LogP contribution in [0.5, 0.6) is 17.2 Å². The molecule has 6 nitrogen and oxygen atoms in total. The van der Waals surface area contributed by atoms with Crippen LogP contribution in [-0.2, 0) is 4.79 Å². The van der Waals surface area contributed by atoms with Crippen molar-refractivity contribution < 1.29 is 24.1 Å². The van der Waals surface area contributed by atoms with Crippen molar-refractivity contribution in [2.75, 3.05) is 32.0 Å². The van der Waals surface area contributed by atoms with E-state index in [2.05, 4.69) is 5.32 Å². The minimum absolute atomic E-state index is 0.0731. The van der Waals surface area contributed by atoms with Crippen LogP contribution in [0.25, 0.3) is 0 Å². The third kappa shape index (κ3) is 4.71. The van der Waals surface area contributed by atoms with Gasteiger partial charge in [0.25, 0.3) is 5.91 Å². The molecule has 1 heterocycles. The maximum absolute atomic E-state index is 11.8. The lowest BCUT2D eigenvalue weighted by Gasteiger charge is -2.16. The number of ether oxygens (including phenoxy) is 3. The second-order valence-corrected chi connectivity index (χ2v) is 5.52. The highest BCUT2D eigenvalue weighted by molar-refractivity contribution is 7.98. The van der Waals surface area contributed by atoms with Crippen LogP contribution in [0.15, 0.2) is 18.2 Å². The summed E-state index contributed by atoms with van der Waals surface area (Å²) in [6.07, 6.45) is 2.71. The lowest BCUT2D eigenvalue weighted by molar-refractivity contribution is -0.124. The Hall–Kier alpha value is -1.60. The zero-order chi connectivity index (χ0) is 15.1. The largest absolute Gasteiger partial charge is 0.484 e. The molecule has 1 aliphatic rings. The second-order valence-electron chi connectivity index (χ2n) is 4.53. The van der Waals surface area contributed by atoms with Gasteiger partial charge in [-0.1, -0.05) is 0 Å². The van der Waals surface area contributed by atoms with Gasteiger partial charge in [-0.25, -0.2) is 0 Å². The Morgan fingerprint density at radius 2 is 2.29 bits per heavy atom. The van der Waals surface area contributed by atoms with Crippen molar-refractivity contribution in [3.63, 3.8) is 0 Å². The maximum Gasteiger partial charge on any atom is 0.258 e. The molecular weight excluding hydrogens is 294 g/mol. The lowest BCUT2D eigenvalue weighted by Crippen LogP contribution is -2.40. The number of rotatable bonds is 8. The molecule has 1 aromatic carbocycles. The SMILES string of the molecule is CSCC[C@@H](CO)NC(=O)COc1ccc2c(c1)OCO2. The minimum Gasteiger partial charge on any atom is -0.484 e. The summed E-state index contributed by atoms with van der Waals surface area (Å²) in [5.74, 6) is 2.45. The van der Waals surface area contributed by atoms with Crippen LogP contribution >= 0.6 is 11.8 Å². The molecule has 0 saturated carbocycles. The monoisotopic (exact) mass is 313 g/mol. The van der Waals surface area contributed by atoms with Gasteiger partial charge in [0.05, 0.1) is 12.6 Å². The van der Waals surface area contributed by atoms with Crippen molar-refractivity contribution in [1.29, 1.82) is 0 Å². The maximum atomic E-state index is 11.8. The number of amides is 1. The first kappa shape index (κ1) is 15.8. The predicted molar refractivity (Wildman–Crippen MR) is 80.1 cm³/mol. The molecule has 0 saturated heterocycles. The average Bonchev–Trinajstić information content (AvgIpc) is 2.96.